The Morgan fingerprint density at radius 3 is 2.71 bits per heavy atom. The van der Waals surface area contributed by atoms with Gasteiger partial charge in [0.25, 0.3) is 5.91 Å². The van der Waals surface area contributed by atoms with Gasteiger partial charge in [-0.25, -0.2) is 9.37 Å². The number of hydrogen-bond acceptors (Lipinski definition) is 3. The summed E-state index contributed by atoms with van der Waals surface area (Å²) in [5.74, 6) is -2.17. The maximum absolute atomic E-state index is 13.5. The minimum atomic E-state index is -3.12. The molecule has 1 aromatic carbocycles. The van der Waals surface area contributed by atoms with Crippen LogP contribution in [0.5, 0.6) is 5.75 Å². The molecule has 8 heteroatoms. The van der Waals surface area contributed by atoms with Crippen molar-refractivity contribution in [3.63, 3.8) is 0 Å². The zero-order chi connectivity index (χ0) is 15.4. The average Bonchev–Trinajstić information content (AvgIpc) is 2.42. The number of ether oxygens (including phenoxy) is 1. The van der Waals surface area contributed by atoms with Crippen molar-refractivity contribution in [2.24, 2.45) is 0 Å². The third-order valence-corrected chi connectivity index (χ3v) is 3.02. The molecule has 0 bridgehead atoms. The van der Waals surface area contributed by atoms with Crippen LogP contribution in [-0.4, -0.2) is 17.5 Å². The summed E-state index contributed by atoms with van der Waals surface area (Å²) in [6.07, 6.45) is 1.43. The predicted octanol–water partition coefficient (Wildman–Crippen LogP) is 3.84. The quantitative estimate of drug-likeness (QED) is 0.901. The summed E-state index contributed by atoms with van der Waals surface area (Å²) in [6, 6.07) is 6.39. The topological polar surface area (TPSA) is 51.2 Å². The summed E-state index contributed by atoms with van der Waals surface area (Å²) in [7, 11) is 0. The van der Waals surface area contributed by atoms with Gasteiger partial charge in [-0.15, -0.1) is 0 Å². The van der Waals surface area contributed by atoms with E-state index in [1.807, 2.05) is 0 Å². The first-order chi connectivity index (χ1) is 9.97. The Balaban J connectivity index is 2.15. The molecule has 4 nitrogen and oxygen atoms in total. The van der Waals surface area contributed by atoms with Crippen LogP contribution in [0.3, 0.4) is 0 Å². The summed E-state index contributed by atoms with van der Waals surface area (Å²) in [5, 5.41) is 2.41. The lowest BCUT2D eigenvalue weighted by molar-refractivity contribution is -0.0521. The van der Waals surface area contributed by atoms with Crippen LogP contribution in [0.15, 0.2) is 41.0 Å². The minimum absolute atomic E-state index is 0.0941. The summed E-state index contributed by atoms with van der Waals surface area (Å²) >= 11 is 3.16. The van der Waals surface area contributed by atoms with Gasteiger partial charge >= 0.3 is 6.61 Å². The van der Waals surface area contributed by atoms with Crippen LogP contribution >= 0.6 is 15.9 Å². The predicted molar refractivity (Wildman–Crippen MR) is 72.9 cm³/mol. The highest BCUT2D eigenvalue weighted by atomic mass is 79.9. The number of carbonyl (C=O) groups is 1. The summed E-state index contributed by atoms with van der Waals surface area (Å²) in [6.45, 7) is -3.12. The van der Waals surface area contributed by atoms with Gasteiger partial charge in [-0.05, 0) is 40.2 Å². The molecule has 0 saturated carbocycles. The number of nitrogens with zero attached hydrogens (tertiary/aromatic N) is 1. The molecule has 0 unspecified atom stereocenters. The van der Waals surface area contributed by atoms with Gasteiger partial charge in [-0.2, -0.15) is 8.78 Å². The Labute approximate surface area is 126 Å². The molecular weight excluding hydrogens is 353 g/mol. The van der Waals surface area contributed by atoms with Crippen molar-refractivity contribution in [2.45, 2.75) is 6.61 Å². The largest absolute Gasteiger partial charge is 0.432 e. The molecule has 0 spiro atoms. The van der Waals surface area contributed by atoms with E-state index in [1.165, 1.54) is 12.3 Å². The molecule has 1 amide bonds. The van der Waals surface area contributed by atoms with Crippen molar-refractivity contribution < 1.29 is 22.7 Å². The third-order valence-electron chi connectivity index (χ3n) is 2.38. The molecule has 1 N–H and O–H groups in total. The number of aromatic nitrogens is 1. The zero-order valence-electron chi connectivity index (χ0n) is 10.3. The Hall–Kier alpha value is -2.09. The van der Waals surface area contributed by atoms with Gasteiger partial charge in [-0.3, -0.25) is 4.79 Å². The van der Waals surface area contributed by atoms with Crippen molar-refractivity contribution in [1.82, 2.24) is 4.98 Å². The lowest BCUT2D eigenvalue weighted by Crippen LogP contribution is -2.14. The number of alkyl halides is 2. The molecule has 0 saturated heterocycles. The Bertz CT molecular complexity index is 668. The molecule has 0 aliphatic heterocycles. The Morgan fingerprint density at radius 2 is 2.10 bits per heavy atom. The van der Waals surface area contributed by atoms with E-state index in [-0.39, 0.29) is 11.4 Å². The lowest BCUT2D eigenvalue weighted by Gasteiger charge is -2.09. The van der Waals surface area contributed by atoms with Crippen molar-refractivity contribution in [1.29, 1.82) is 0 Å². The lowest BCUT2D eigenvalue weighted by atomic mass is 10.2. The highest BCUT2D eigenvalue weighted by Gasteiger charge is 2.14. The first kappa shape index (κ1) is 15.3. The normalized spacial score (nSPS) is 10.5. The molecule has 21 heavy (non-hydrogen) atoms. The van der Waals surface area contributed by atoms with Gasteiger partial charge in [0.1, 0.15) is 5.69 Å². The van der Waals surface area contributed by atoms with Crippen molar-refractivity contribution in [2.75, 3.05) is 5.32 Å². The number of carbonyl (C=O) groups excluding carboxylic acids is 1. The number of anilines is 1. The number of amides is 1. The van der Waals surface area contributed by atoms with E-state index in [9.17, 15) is 18.0 Å². The van der Waals surface area contributed by atoms with E-state index >= 15 is 0 Å². The van der Waals surface area contributed by atoms with E-state index in [0.717, 1.165) is 12.1 Å². The molecule has 2 rings (SSSR count). The highest BCUT2D eigenvalue weighted by molar-refractivity contribution is 9.10. The maximum atomic E-state index is 13.5. The van der Waals surface area contributed by atoms with Crippen LogP contribution in [0.1, 0.15) is 10.5 Å². The molecule has 1 aromatic heterocycles. The van der Waals surface area contributed by atoms with Gasteiger partial charge in [0.15, 0.2) is 11.6 Å². The fraction of sp³-hybridized carbons (Fsp3) is 0.0769. The van der Waals surface area contributed by atoms with Crippen LogP contribution in [0.4, 0.5) is 18.9 Å². The first-order valence-electron chi connectivity index (χ1n) is 5.63. The molecule has 2 aromatic rings. The SMILES string of the molecule is O=C(Nc1ccc(OC(F)F)c(F)c1)c1ncccc1Br. The standard InChI is InChI=1S/C13H8BrF3N2O2/c14-8-2-1-5-18-11(8)12(20)19-7-3-4-10(9(15)6-7)21-13(16)17/h1-6,13H,(H,19,20). The van der Waals surface area contributed by atoms with E-state index in [2.05, 4.69) is 31.0 Å². The number of halogens is 4. The first-order valence-corrected chi connectivity index (χ1v) is 6.43. The van der Waals surface area contributed by atoms with Crippen LogP contribution in [-0.2, 0) is 0 Å². The van der Waals surface area contributed by atoms with Gasteiger partial charge < -0.3 is 10.1 Å². The van der Waals surface area contributed by atoms with Gasteiger partial charge in [0.05, 0.1) is 0 Å². The van der Waals surface area contributed by atoms with Gasteiger partial charge in [-0.1, -0.05) is 0 Å². The van der Waals surface area contributed by atoms with E-state index in [0.29, 0.717) is 4.47 Å². The Morgan fingerprint density at radius 1 is 1.33 bits per heavy atom. The number of pyridine rings is 1. The molecule has 0 radical (unpaired) electrons. The highest BCUT2D eigenvalue weighted by Crippen LogP contribution is 2.23. The molecule has 0 fully saturated rings. The summed E-state index contributed by atoms with van der Waals surface area (Å²) < 4.78 is 42.0. The van der Waals surface area contributed by atoms with Crippen molar-refractivity contribution >= 4 is 27.5 Å². The smallest absolute Gasteiger partial charge is 0.387 e. The summed E-state index contributed by atoms with van der Waals surface area (Å²) in [4.78, 5) is 15.8. The van der Waals surface area contributed by atoms with E-state index < -0.39 is 24.1 Å². The monoisotopic (exact) mass is 360 g/mol. The van der Waals surface area contributed by atoms with Crippen molar-refractivity contribution in [3.05, 3.63) is 52.5 Å². The van der Waals surface area contributed by atoms with E-state index in [4.69, 9.17) is 0 Å². The second kappa shape index (κ2) is 6.57. The molecule has 0 aliphatic rings. The van der Waals surface area contributed by atoms with Crippen LogP contribution in [0.2, 0.25) is 0 Å². The number of nitrogens with one attached hydrogen (secondary N) is 1. The Kier molecular flexibility index (Phi) is 4.79. The van der Waals surface area contributed by atoms with E-state index in [1.54, 1.807) is 12.1 Å². The van der Waals surface area contributed by atoms with Crippen LogP contribution in [0, 0.1) is 5.82 Å². The van der Waals surface area contributed by atoms with Gasteiger partial charge in [0.2, 0.25) is 0 Å². The molecule has 0 atom stereocenters. The van der Waals surface area contributed by atoms with Gasteiger partial charge in [0, 0.05) is 22.4 Å². The molecule has 1 heterocycles. The summed E-state index contributed by atoms with van der Waals surface area (Å²) in [5.41, 5.74) is 0.211. The number of benzene rings is 1. The number of hydrogen-bond donors (Lipinski definition) is 1. The van der Waals surface area contributed by atoms with Crippen LogP contribution in [0.25, 0.3) is 0 Å². The maximum Gasteiger partial charge on any atom is 0.387 e. The second-order valence-corrected chi connectivity index (χ2v) is 4.67. The molecule has 0 aliphatic carbocycles. The fourth-order valence-corrected chi connectivity index (χ4v) is 1.95. The minimum Gasteiger partial charge on any atom is -0.432 e. The molecule has 110 valence electrons. The van der Waals surface area contributed by atoms with Crippen LogP contribution < -0.4 is 10.1 Å². The second-order valence-electron chi connectivity index (χ2n) is 3.81. The van der Waals surface area contributed by atoms with Crippen molar-refractivity contribution in [3.8, 4) is 5.75 Å². The fourth-order valence-electron chi connectivity index (χ4n) is 1.51. The third kappa shape index (κ3) is 3.94. The average molecular weight is 361 g/mol. The molecular formula is C13H8BrF3N2O2. The number of rotatable bonds is 4. The zero-order valence-corrected chi connectivity index (χ0v) is 11.9.